The van der Waals surface area contributed by atoms with E-state index < -0.39 is 0 Å². The molecule has 1 aliphatic heterocycles. The maximum atomic E-state index is 5.49. The Kier molecular flexibility index (Phi) is 4.55. The van der Waals surface area contributed by atoms with Crippen molar-refractivity contribution in [3.63, 3.8) is 0 Å². The Bertz CT molecular complexity index is 223. The van der Waals surface area contributed by atoms with Crippen molar-refractivity contribution < 1.29 is 4.74 Å². The minimum absolute atomic E-state index is 0.725. The molecule has 0 unspecified atom stereocenters. The van der Waals surface area contributed by atoms with Gasteiger partial charge in [-0.2, -0.15) is 0 Å². The summed E-state index contributed by atoms with van der Waals surface area (Å²) in [6, 6.07) is 0. The lowest BCUT2D eigenvalue weighted by Crippen LogP contribution is -2.06. The lowest BCUT2D eigenvalue weighted by Gasteiger charge is -2.14. The van der Waals surface area contributed by atoms with Gasteiger partial charge in [0.25, 0.3) is 0 Å². The van der Waals surface area contributed by atoms with E-state index in [1.54, 1.807) is 0 Å². The van der Waals surface area contributed by atoms with E-state index in [9.17, 15) is 0 Å². The van der Waals surface area contributed by atoms with Gasteiger partial charge in [0.1, 0.15) is 0 Å². The lowest BCUT2D eigenvalue weighted by molar-refractivity contribution is 0.148. The summed E-state index contributed by atoms with van der Waals surface area (Å²) >= 11 is 0. The van der Waals surface area contributed by atoms with E-state index in [0.717, 1.165) is 26.1 Å². The first kappa shape index (κ1) is 10.3. The van der Waals surface area contributed by atoms with E-state index >= 15 is 0 Å². The van der Waals surface area contributed by atoms with Gasteiger partial charge < -0.3 is 4.74 Å². The predicted octanol–water partition coefficient (Wildman–Crippen LogP) is 3.25. The van der Waals surface area contributed by atoms with E-state index in [4.69, 9.17) is 4.74 Å². The third-order valence-electron chi connectivity index (χ3n) is 2.22. The first-order valence-corrected chi connectivity index (χ1v) is 4.92. The van der Waals surface area contributed by atoms with E-state index in [-0.39, 0.29) is 0 Å². The van der Waals surface area contributed by atoms with Gasteiger partial charge in [0, 0.05) is 6.61 Å². The topological polar surface area (TPSA) is 9.23 Å². The average Bonchev–Trinajstić information content (AvgIpc) is 2.11. The second-order valence-electron chi connectivity index (χ2n) is 3.33. The van der Waals surface area contributed by atoms with Crippen molar-refractivity contribution in [3.05, 3.63) is 36.0 Å². The number of rotatable bonds is 1. The highest BCUT2D eigenvalue weighted by atomic mass is 16.5. The van der Waals surface area contributed by atoms with Crippen molar-refractivity contribution in [2.45, 2.75) is 26.2 Å². The minimum atomic E-state index is 0.725. The molecule has 0 aliphatic carbocycles. The van der Waals surface area contributed by atoms with Gasteiger partial charge in [0.2, 0.25) is 0 Å². The zero-order valence-corrected chi connectivity index (χ0v) is 8.38. The number of ether oxygens (including phenoxy) is 1. The summed E-state index contributed by atoms with van der Waals surface area (Å²) in [5, 5.41) is 0. The molecule has 1 heterocycles. The number of hydrogen-bond donors (Lipinski definition) is 0. The second-order valence-corrected chi connectivity index (χ2v) is 3.33. The van der Waals surface area contributed by atoms with E-state index in [1.165, 1.54) is 17.6 Å². The molecule has 1 rings (SSSR count). The number of hydrogen-bond acceptors (Lipinski definition) is 1. The Morgan fingerprint density at radius 2 is 2.23 bits per heavy atom. The monoisotopic (exact) mass is 178 g/mol. The standard InChI is InChI=1S/C12H18O/c1-3-4-8-12-10-13-9-6-5-7-11(12)2/h3-4,8H,2,5-7,9-10H2,1H3/b4-3-,12-8-. The van der Waals surface area contributed by atoms with Crippen LogP contribution in [-0.4, -0.2) is 13.2 Å². The smallest absolute Gasteiger partial charge is 0.0719 e. The Morgan fingerprint density at radius 1 is 1.38 bits per heavy atom. The Labute approximate surface area is 80.8 Å². The van der Waals surface area contributed by atoms with Crippen LogP contribution in [0.15, 0.2) is 36.0 Å². The van der Waals surface area contributed by atoms with Gasteiger partial charge in [-0.15, -0.1) is 0 Å². The summed E-state index contributed by atoms with van der Waals surface area (Å²) in [6.07, 6.45) is 9.66. The highest BCUT2D eigenvalue weighted by Gasteiger charge is 2.05. The Morgan fingerprint density at radius 3 is 3.00 bits per heavy atom. The molecule has 0 amide bonds. The summed E-state index contributed by atoms with van der Waals surface area (Å²) in [6.45, 7) is 7.70. The zero-order valence-electron chi connectivity index (χ0n) is 8.38. The second kappa shape index (κ2) is 5.76. The van der Waals surface area contributed by atoms with Crippen LogP contribution >= 0.6 is 0 Å². The molecule has 13 heavy (non-hydrogen) atoms. The van der Waals surface area contributed by atoms with Gasteiger partial charge >= 0.3 is 0 Å². The Hall–Kier alpha value is -0.820. The molecule has 1 heteroatoms. The van der Waals surface area contributed by atoms with Gasteiger partial charge in [-0.3, -0.25) is 0 Å². The van der Waals surface area contributed by atoms with Crippen molar-refractivity contribution >= 4 is 0 Å². The molecular weight excluding hydrogens is 160 g/mol. The van der Waals surface area contributed by atoms with Crippen LogP contribution in [0.5, 0.6) is 0 Å². The normalized spacial score (nSPS) is 23.5. The Balaban J connectivity index is 2.61. The van der Waals surface area contributed by atoms with Gasteiger partial charge in [-0.05, 0) is 37.3 Å². The zero-order chi connectivity index (χ0) is 9.52. The molecule has 1 aliphatic rings. The van der Waals surface area contributed by atoms with Crippen molar-refractivity contribution in [3.8, 4) is 0 Å². The first-order valence-electron chi connectivity index (χ1n) is 4.92. The van der Waals surface area contributed by atoms with Crippen LogP contribution in [0.2, 0.25) is 0 Å². The fourth-order valence-electron chi connectivity index (χ4n) is 1.37. The van der Waals surface area contributed by atoms with Crippen molar-refractivity contribution in [1.82, 2.24) is 0 Å². The summed E-state index contributed by atoms with van der Waals surface area (Å²) < 4.78 is 5.49. The molecule has 0 spiro atoms. The van der Waals surface area contributed by atoms with Crippen LogP contribution in [0.1, 0.15) is 26.2 Å². The van der Waals surface area contributed by atoms with Gasteiger partial charge in [-0.25, -0.2) is 0 Å². The van der Waals surface area contributed by atoms with Crippen molar-refractivity contribution in [2.75, 3.05) is 13.2 Å². The quantitative estimate of drug-likeness (QED) is 0.599. The van der Waals surface area contributed by atoms with Crippen LogP contribution in [-0.2, 0) is 4.74 Å². The number of allylic oxidation sites excluding steroid dienone is 3. The molecule has 1 saturated heterocycles. The minimum Gasteiger partial charge on any atom is -0.377 e. The molecule has 0 atom stereocenters. The molecule has 0 aromatic heterocycles. The molecule has 0 aromatic carbocycles. The maximum Gasteiger partial charge on any atom is 0.0719 e. The van der Waals surface area contributed by atoms with Gasteiger partial charge in [0.05, 0.1) is 6.61 Å². The summed E-state index contributed by atoms with van der Waals surface area (Å²) in [4.78, 5) is 0. The van der Waals surface area contributed by atoms with Crippen LogP contribution in [0.25, 0.3) is 0 Å². The lowest BCUT2D eigenvalue weighted by atomic mass is 10.0. The van der Waals surface area contributed by atoms with E-state index in [1.807, 2.05) is 19.1 Å². The van der Waals surface area contributed by atoms with Gasteiger partial charge in [0.15, 0.2) is 0 Å². The highest BCUT2D eigenvalue weighted by molar-refractivity contribution is 5.32. The van der Waals surface area contributed by atoms with Crippen LogP contribution in [0.3, 0.4) is 0 Å². The largest absolute Gasteiger partial charge is 0.377 e. The first-order chi connectivity index (χ1) is 6.34. The predicted molar refractivity (Wildman–Crippen MR) is 56.7 cm³/mol. The summed E-state index contributed by atoms with van der Waals surface area (Å²) in [7, 11) is 0. The fraction of sp³-hybridized carbons (Fsp3) is 0.500. The van der Waals surface area contributed by atoms with Crippen LogP contribution in [0, 0.1) is 0 Å². The fourth-order valence-corrected chi connectivity index (χ4v) is 1.37. The maximum absolute atomic E-state index is 5.49. The van der Waals surface area contributed by atoms with Gasteiger partial charge in [-0.1, -0.05) is 24.8 Å². The molecular formula is C12H18O. The molecule has 1 nitrogen and oxygen atoms in total. The molecule has 0 bridgehead atoms. The molecule has 0 radical (unpaired) electrons. The summed E-state index contributed by atoms with van der Waals surface area (Å²) in [5.74, 6) is 0. The molecule has 0 saturated carbocycles. The van der Waals surface area contributed by atoms with E-state index in [2.05, 4.69) is 12.7 Å². The third-order valence-corrected chi connectivity index (χ3v) is 2.22. The van der Waals surface area contributed by atoms with Crippen LogP contribution < -0.4 is 0 Å². The third kappa shape index (κ3) is 3.60. The van der Waals surface area contributed by atoms with Crippen LogP contribution in [0.4, 0.5) is 0 Å². The molecule has 1 fully saturated rings. The average molecular weight is 178 g/mol. The molecule has 0 aromatic rings. The molecule has 0 N–H and O–H groups in total. The summed E-state index contributed by atoms with van der Waals surface area (Å²) in [5.41, 5.74) is 2.48. The van der Waals surface area contributed by atoms with E-state index in [0.29, 0.717) is 0 Å². The SMILES string of the molecule is C=C1CCCCOC/C1=C/C=C\C. The molecule has 72 valence electrons. The highest BCUT2D eigenvalue weighted by Crippen LogP contribution is 2.18. The van der Waals surface area contributed by atoms with Crippen molar-refractivity contribution in [2.24, 2.45) is 0 Å². The van der Waals surface area contributed by atoms with Crippen molar-refractivity contribution in [1.29, 1.82) is 0 Å².